The Labute approximate surface area is 48.8 Å². The SMILES string of the molecule is C[N+](C)(C)NC(N)=O. The molecule has 0 saturated carbocycles. The first-order valence-corrected chi connectivity index (χ1v) is 2.31. The van der Waals surface area contributed by atoms with Gasteiger partial charge in [0, 0.05) is 0 Å². The Balaban J connectivity index is 3.55. The second-order valence-corrected chi connectivity index (χ2v) is 2.49. The molecular weight excluding hydrogens is 106 g/mol. The number of primary amides is 1. The molecule has 0 aliphatic carbocycles. The Bertz CT molecular complexity index is 93.9. The molecule has 0 spiro atoms. The lowest BCUT2D eigenvalue weighted by Gasteiger charge is -2.21. The molecule has 0 unspecified atom stereocenters. The molecule has 0 aromatic carbocycles. The smallest absolute Gasteiger partial charge is 0.348 e. The van der Waals surface area contributed by atoms with E-state index in [1.165, 1.54) is 0 Å². The standard InChI is InChI=1S/C4H11N3O/c1-7(2,3)6-4(5)8/h1-3H3,(H2-,5,6,8)/p+1. The molecule has 0 heterocycles. The molecule has 0 aromatic heterocycles. The van der Waals surface area contributed by atoms with E-state index in [0.717, 1.165) is 0 Å². The van der Waals surface area contributed by atoms with Crippen molar-refractivity contribution in [2.45, 2.75) is 0 Å². The van der Waals surface area contributed by atoms with Gasteiger partial charge in [-0.1, -0.05) is 0 Å². The molecule has 0 saturated heterocycles. The van der Waals surface area contributed by atoms with Crippen LogP contribution in [0.2, 0.25) is 0 Å². The third-order valence-corrected chi connectivity index (χ3v) is 0.446. The van der Waals surface area contributed by atoms with Crippen LogP contribution in [0.25, 0.3) is 0 Å². The van der Waals surface area contributed by atoms with Crippen molar-refractivity contribution < 1.29 is 9.39 Å². The van der Waals surface area contributed by atoms with E-state index in [4.69, 9.17) is 5.73 Å². The molecule has 48 valence electrons. The molecule has 4 nitrogen and oxygen atoms in total. The fraction of sp³-hybridized carbons (Fsp3) is 0.750. The third kappa shape index (κ3) is 5.23. The van der Waals surface area contributed by atoms with Gasteiger partial charge in [0.15, 0.2) is 0 Å². The molecule has 0 bridgehead atoms. The predicted molar refractivity (Wildman–Crippen MR) is 30.8 cm³/mol. The summed E-state index contributed by atoms with van der Waals surface area (Å²) in [5, 5.41) is 0. The van der Waals surface area contributed by atoms with Crippen molar-refractivity contribution in [1.29, 1.82) is 0 Å². The van der Waals surface area contributed by atoms with Crippen molar-refractivity contribution >= 4 is 6.03 Å². The van der Waals surface area contributed by atoms with Gasteiger partial charge < -0.3 is 5.73 Å². The van der Waals surface area contributed by atoms with Gasteiger partial charge in [-0.25, -0.2) is 9.39 Å². The molecule has 2 amide bonds. The Kier molecular flexibility index (Phi) is 1.81. The average Bonchev–Trinajstić information content (AvgIpc) is 1.21. The molecule has 0 fully saturated rings. The summed E-state index contributed by atoms with van der Waals surface area (Å²) in [4.78, 5) is 10.1. The minimum absolute atomic E-state index is 0.356. The molecule has 0 aliphatic rings. The minimum atomic E-state index is -0.502. The second kappa shape index (κ2) is 2.00. The molecule has 0 atom stereocenters. The van der Waals surface area contributed by atoms with E-state index in [9.17, 15) is 4.79 Å². The molecular formula is C4H12N3O+. The van der Waals surface area contributed by atoms with Gasteiger partial charge in [0.2, 0.25) is 0 Å². The predicted octanol–water partition coefficient (Wildman–Crippen LogP) is -0.724. The normalized spacial score (nSPS) is 10.9. The van der Waals surface area contributed by atoms with E-state index in [2.05, 4.69) is 5.43 Å². The molecule has 3 N–H and O–H groups in total. The molecule has 0 radical (unpaired) electrons. The highest BCUT2D eigenvalue weighted by Gasteiger charge is 2.06. The van der Waals surface area contributed by atoms with E-state index >= 15 is 0 Å². The topological polar surface area (TPSA) is 55.1 Å². The lowest BCUT2D eigenvalue weighted by Crippen LogP contribution is -2.53. The summed E-state index contributed by atoms with van der Waals surface area (Å²) in [7, 11) is 5.43. The first-order valence-electron chi connectivity index (χ1n) is 2.31. The maximum absolute atomic E-state index is 10.1. The first kappa shape index (κ1) is 7.23. The number of nitrogens with one attached hydrogen (secondary N) is 1. The van der Waals surface area contributed by atoms with E-state index in [-0.39, 0.29) is 0 Å². The number of carbonyl (C=O) groups is 1. The Hall–Kier alpha value is -0.770. The van der Waals surface area contributed by atoms with Crippen molar-refractivity contribution in [3.63, 3.8) is 0 Å². The quantitative estimate of drug-likeness (QED) is 0.346. The van der Waals surface area contributed by atoms with Crippen molar-refractivity contribution in [3.8, 4) is 0 Å². The highest BCUT2D eigenvalue weighted by Crippen LogP contribution is 1.77. The number of nitrogens with two attached hydrogens (primary N) is 1. The monoisotopic (exact) mass is 118 g/mol. The van der Waals surface area contributed by atoms with Gasteiger partial charge in [0.1, 0.15) is 0 Å². The maximum atomic E-state index is 10.1. The number of quaternary nitrogens is 1. The fourth-order valence-corrected chi connectivity index (χ4v) is 0.331. The van der Waals surface area contributed by atoms with Gasteiger partial charge in [-0.2, -0.15) is 5.43 Å². The van der Waals surface area contributed by atoms with Crippen LogP contribution >= 0.6 is 0 Å². The van der Waals surface area contributed by atoms with Crippen molar-refractivity contribution in [2.24, 2.45) is 5.73 Å². The van der Waals surface area contributed by atoms with Crippen LogP contribution in [0.5, 0.6) is 0 Å². The number of hydrogen-bond donors (Lipinski definition) is 2. The van der Waals surface area contributed by atoms with E-state index in [1.807, 2.05) is 21.1 Å². The number of urea groups is 1. The molecule has 8 heavy (non-hydrogen) atoms. The number of nitrogens with zero attached hydrogens (tertiary/aromatic N) is 1. The van der Waals surface area contributed by atoms with Crippen LogP contribution in [-0.4, -0.2) is 31.8 Å². The minimum Gasteiger partial charge on any atom is -0.348 e. The summed E-state index contributed by atoms with van der Waals surface area (Å²) in [6.45, 7) is 0. The lowest BCUT2D eigenvalue weighted by atomic mass is 10.9. The van der Waals surface area contributed by atoms with Crippen molar-refractivity contribution in [2.75, 3.05) is 21.1 Å². The molecule has 0 aromatic rings. The van der Waals surface area contributed by atoms with E-state index in [1.54, 1.807) is 0 Å². The summed E-state index contributed by atoms with van der Waals surface area (Å²) < 4.78 is 0.356. The zero-order valence-corrected chi connectivity index (χ0v) is 5.43. The fourth-order valence-electron chi connectivity index (χ4n) is 0.331. The van der Waals surface area contributed by atoms with Gasteiger partial charge in [0.25, 0.3) is 0 Å². The lowest BCUT2D eigenvalue weighted by molar-refractivity contribution is -0.905. The Morgan fingerprint density at radius 3 is 1.88 bits per heavy atom. The number of carbonyl (C=O) groups excluding carboxylic acids is 1. The van der Waals surface area contributed by atoms with Crippen LogP contribution in [0.15, 0.2) is 0 Å². The number of rotatable bonds is 1. The van der Waals surface area contributed by atoms with E-state index in [0.29, 0.717) is 4.59 Å². The van der Waals surface area contributed by atoms with E-state index < -0.39 is 6.03 Å². The van der Waals surface area contributed by atoms with Crippen LogP contribution in [0.1, 0.15) is 0 Å². The van der Waals surface area contributed by atoms with Crippen LogP contribution in [0.4, 0.5) is 4.79 Å². The zero-order valence-electron chi connectivity index (χ0n) is 5.43. The van der Waals surface area contributed by atoms with Crippen LogP contribution in [-0.2, 0) is 0 Å². The number of amides is 2. The van der Waals surface area contributed by atoms with Crippen LogP contribution < -0.4 is 11.2 Å². The van der Waals surface area contributed by atoms with Gasteiger partial charge in [-0.15, -0.1) is 0 Å². The van der Waals surface area contributed by atoms with Crippen LogP contribution in [0.3, 0.4) is 0 Å². The molecule has 0 aliphatic heterocycles. The number of hydrogen-bond acceptors (Lipinski definition) is 1. The van der Waals surface area contributed by atoms with Crippen molar-refractivity contribution in [1.82, 2.24) is 5.43 Å². The van der Waals surface area contributed by atoms with Gasteiger partial charge in [-0.3, -0.25) is 0 Å². The van der Waals surface area contributed by atoms with Gasteiger partial charge in [-0.05, 0) is 0 Å². The summed E-state index contributed by atoms with van der Waals surface area (Å²) in [6, 6.07) is -0.502. The average molecular weight is 118 g/mol. The highest BCUT2D eigenvalue weighted by molar-refractivity contribution is 5.70. The summed E-state index contributed by atoms with van der Waals surface area (Å²) in [5.74, 6) is 0. The maximum Gasteiger partial charge on any atom is 0.356 e. The highest BCUT2D eigenvalue weighted by atomic mass is 16.2. The largest absolute Gasteiger partial charge is 0.356 e. The Morgan fingerprint density at radius 1 is 1.50 bits per heavy atom. The van der Waals surface area contributed by atoms with Crippen LogP contribution in [0, 0.1) is 0 Å². The summed E-state index contributed by atoms with van der Waals surface area (Å²) >= 11 is 0. The van der Waals surface area contributed by atoms with Gasteiger partial charge in [0.05, 0.1) is 21.1 Å². The second-order valence-electron chi connectivity index (χ2n) is 2.49. The first-order chi connectivity index (χ1) is 3.42. The summed E-state index contributed by atoms with van der Waals surface area (Å²) in [5.41, 5.74) is 7.27. The Morgan fingerprint density at radius 2 is 1.88 bits per heavy atom. The zero-order chi connectivity index (χ0) is 6.78. The van der Waals surface area contributed by atoms with Gasteiger partial charge >= 0.3 is 6.03 Å². The third-order valence-electron chi connectivity index (χ3n) is 0.446. The van der Waals surface area contributed by atoms with Crippen molar-refractivity contribution in [3.05, 3.63) is 0 Å². The summed E-state index contributed by atoms with van der Waals surface area (Å²) in [6.07, 6.45) is 0. The molecule has 4 heteroatoms. The molecule has 0 rings (SSSR count).